The Bertz CT molecular complexity index is 897. The predicted molar refractivity (Wildman–Crippen MR) is 111 cm³/mol. The minimum absolute atomic E-state index is 0.0216. The molecule has 152 valence electrons. The van der Waals surface area contributed by atoms with Crippen LogP contribution in [0.3, 0.4) is 0 Å². The smallest absolute Gasteiger partial charge is 0.328 e. The lowest BCUT2D eigenvalue weighted by molar-refractivity contribution is -0.144. The second kappa shape index (κ2) is 8.26. The highest BCUT2D eigenvalue weighted by Gasteiger charge is 2.54. The number of likely N-dealkylation sites (tertiary alicyclic amines) is 1. The van der Waals surface area contributed by atoms with Crippen molar-refractivity contribution < 1.29 is 19.4 Å². The molecular weight excluding hydrogens is 436 g/mol. The molecule has 2 saturated heterocycles. The van der Waals surface area contributed by atoms with Gasteiger partial charge >= 0.3 is 5.97 Å². The van der Waals surface area contributed by atoms with Gasteiger partial charge in [-0.3, -0.25) is 14.6 Å². The molecule has 0 saturated carbocycles. The summed E-state index contributed by atoms with van der Waals surface area (Å²) in [6.07, 6.45) is 1.17. The number of carboxylic acids is 1. The largest absolute Gasteiger partial charge is 0.480 e. The van der Waals surface area contributed by atoms with E-state index in [9.17, 15) is 14.7 Å². The molecule has 0 aromatic heterocycles. The summed E-state index contributed by atoms with van der Waals surface area (Å²) in [6.45, 7) is 2.33. The van der Waals surface area contributed by atoms with Crippen LogP contribution in [0.25, 0.3) is 0 Å². The van der Waals surface area contributed by atoms with Gasteiger partial charge in [-0.1, -0.05) is 52.3 Å². The van der Waals surface area contributed by atoms with E-state index in [0.717, 1.165) is 24.1 Å². The Morgan fingerprint density at radius 3 is 2.48 bits per heavy atom. The van der Waals surface area contributed by atoms with Gasteiger partial charge in [0.05, 0.1) is 6.61 Å². The molecule has 0 unspecified atom stereocenters. The zero-order valence-corrected chi connectivity index (χ0v) is 17.5. The summed E-state index contributed by atoms with van der Waals surface area (Å²) in [5.74, 6) is -1.33. The molecule has 2 aromatic rings. The molecule has 0 radical (unpaired) electrons. The van der Waals surface area contributed by atoms with Crippen LogP contribution in [0.15, 0.2) is 59.1 Å². The predicted octanol–water partition coefficient (Wildman–Crippen LogP) is 3.37. The highest BCUT2D eigenvalue weighted by molar-refractivity contribution is 9.10. The second-order valence-corrected chi connectivity index (χ2v) is 8.47. The zero-order valence-electron chi connectivity index (χ0n) is 16.0. The SMILES string of the molecule is O=C(O)[C@@H]1COC2(CCN(Cc3ccccc3)CC2)N1C(=O)c1cccc(Br)c1. The number of halogens is 1. The molecule has 2 fully saturated rings. The van der Waals surface area contributed by atoms with Gasteiger partial charge in [-0.2, -0.15) is 0 Å². The minimum Gasteiger partial charge on any atom is -0.480 e. The van der Waals surface area contributed by atoms with E-state index in [2.05, 4.69) is 33.0 Å². The maximum atomic E-state index is 13.3. The molecule has 6 nitrogen and oxygen atoms in total. The third kappa shape index (κ3) is 4.08. The van der Waals surface area contributed by atoms with E-state index in [-0.39, 0.29) is 12.5 Å². The molecule has 1 spiro atoms. The van der Waals surface area contributed by atoms with E-state index in [0.29, 0.717) is 18.4 Å². The molecule has 1 amide bonds. The van der Waals surface area contributed by atoms with Gasteiger partial charge in [0.15, 0.2) is 6.04 Å². The van der Waals surface area contributed by atoms with E-state index in [4.69, 9.17) is 4.74 Å². The van der Waals surface area contributed by atoms with Crippen LogP contribution in [0.4, 0.5) is 0 Å². The van der Waals surface area contributed by atoms with Gasteiger partial charge in [-0.25, -0.2) is 4.79 Å². The number of piperidine rings is 1. The fraction of sp³-hybridized carbons (Fsp3) is 0.364. The maximum Gasteiger partial charge on any atom is 0.328 e. The van der Waals surface area contributed by atoms with Crippen molar-refractivity contribution in [2.45, 2.75) is 31.2 Å². The fourth-order valence-electron chi connectivity index (χ4n) is 4.22. The van der Waals surface area contributed by atoms with Gasteiger partial charge in [0, 0.05) is 42.5 Å². The molecule has 29 heavy (non-hydrogen) atoms. The van der Waals surface area contributed by atoms with Crippen LogP contribution in [0.5, 0.6) is 0 Å². The van der Waals surface area contributed by atoms with Crippen molar-refractivity contribution >= 4 is 27.8 Å². The molecule has 0 bridgehead atoms. The maximum absolute atomic E-state index is 13.3. The highest BCUT2D eigenvalue weighted by atomic mass is 79.9. The number of amides is 1. The molecule has 2 aromatic carbocycles. The average Bonchev–Trinajstić information content (AvgIpc) is 3.09. The molecule has 2 heterocycles. The summed E-state index contributed by atoms with van der Waals surface area (Å²) in [6, 6.07) is 16.3. The van der Waals surface area contributed by atoms with E-state index < -0.39 is 17.7 Å². The summed E-state index contributed by atoms with van der Waals surface area (Å²) in [5.41, 5.74) is 0.832. The molecule has 1 N–H and O–H groups in total. The highest BCUT2D eigenvalue weighted by Crippen LogP contribution is 2.39. The quantitative estimate of drug-likeness (QED) is 0.760. The van der Waals surface area contributed by atoms with Gasteiger partial charge in [-0.15, -0.1) is 0 Å². The molecule has 2 aliphatic heterocycles. The second-order valence-electron chi connectivity index (χ2n) is 7.56. The number of rotatable bonds is 4. The van der Waals surface area contributed by atoms with Gasteiger partial charge in [0.25, 0.3) is 5.91 Å². The van der Waals surface area contributed by atoms with Crippen molar-refractivity contribution in [2.75, 3.05) is 19.7 Å². The Morgan fingerprint density at radius 2 is 1.83 bits per heavy atom. The number of ether oxygens (including phenoxy) is 1. The number of carboxylic acid groups (broad SMARTS) is 1. The topological polar surface area (TPSA) is 70.1 Å². The van der Waals surface area contributed by atoms with Crippen molar-refractivity contribution in [2.24, 2.45) is 0 Å². The summed E-state index contributed by atoms with van der Waals surface area (Å²) in [7, 11) is 0. The number of carbonyl (C=O) groups excluding carboxylic acids is 1. The molecular formula is C22H23BrN2O4. The lowest BCUT2D eigenvalue weighted by Gasteiger charge is -2.44. The van der Waals surface area contributed by atoms with Crippen LogP contribution in [0, 0.1) is 0 Å². The number of carbonyl (C=O) groups is 2. The van der Waals surface area contributed by atoms with Crippen molar-refractivity contribution in [1.29, 1.82) is 0 Å². The zero-order chi connectivity index (χ0) is 20.4. The van der Waals surface area contributed by atoms with Crippen LogP contribution in [0.2, 0.25) is 0 Å². The molecule has 7 heteroatoms. The normalized spacial score (nSPS) is 21.4. The van der Waals surface area contributed by atoms with Crippen molar-refractivity contribution in [3.8, 4) is 0 Å². The van der Waals surface area contributed by atoms with E-state index >= 15 is 0 Å². The minimum atomic E-state index is -1.03. The number of hydrogen-bond donors (Lipinski definition) is 1. The average molecular weight is 459 g/mol. The third-order valence-corrected chi connectivity index (χ3v) is 6.22. The molecule has 4 rings (SSSR count). The Labute approximate surface area is 178 Å². The van der Waals surface area contributed by atoms with Crippen LogP contribution < -0.4 is 0 Å². The fourth-order valence-corrected chi connectivity index (χ4v) is 4.62. The lowest BCUT2D eigenvalue weighted by Crippen LogP contribution is -2.58. The Hall–Kier alpha value is -2.22. The molecule has 0 aliphatic carbocycles. The first-order chi connectivity index (χ1) is 14.0. The Morgan fingerprint density at radius 1 is 1.10 bits per heavy atom. The Balaban J connectivity index is 1.54. The summed E-state index contributed by atoms with van der Waals surface area (Å²) < 4.78 is 6.80. The van der Waals surface area contributed by atoms with Crippen LogP contribution >= 0.6 is 15.9 Å². The molecule has 1 atom stereocenters. The van der Waals surface area contributed by atoms with Gasteiger partial charge in [0.1, 0.15) is 5.72 Å². The van der Waals surface area contributed by atoms with Gasteiger partial charge in [0.2, 0.25) is 0 Å². The van der Waals surface area contributed by atoms with Gasteiger partial charge in [-0.05, 0) is 23.8 Å². The van der Waals surface area contributed by atoms with Gasteiger partial charge < -0.3 is 9.84 Å². The van der Waals surface area contributed by atoms with Crippen LogP contribution in [-0.2, 0) is 16.1 Å². The summed E-state index contributed by atoms with van der Waals surface area (Å²) >= 11 is 3.39. The first kappa shape index (κ1) is 20.1. The number of nitrogens with zero attached hydrogens (tertiary/aromatic N) is 2. The van der Waals surface area contributed by atoms with E-state index in [1.54, 1.807) is 18.2 Å². The number of aliphatic carboxylic acids is 1. The first-order valence-electron chi connectivity index (χ1n) is 9.71. The van der Waals surface area contributed by atoms with Crippen LogP contribution in [-0.4, -0.2) is 58.2 Å². The van der Waals surface area contributed by atoms with E-state index in [1.807, 2.05) is 24.3 Å². The summed E-state index contributed by atoms with van der Waals surface area (Å²) in [5, 5.41) is 9.70. The van der Waals surface area contributed by atoms with Crippen molar-refractivity contribution in [1.82, 2.24) is 9.80 Å². The monoisotopic (exact) mass is 458 g/mol. The lowest BCUT2D eigenvalue weighted by atomic mass is 9.96. The third-order valence-electron chi connectivity index (χ3n) is 5.72. The standard InChI is InChI=1S/C22H23BrN2O4/c23-18-8-4-7-17(13-18)20(26)25-19(21(27)28)15-29-22(25)9-11-24(12-10-22)14-16-5-2-1-3-6-16/h1-8,13,19H,9-12,14-15H2,(H,27,28)/t19-/m0/s1. The number of hydrogen-bond acceptors (Lipinski definition) is 4. The van der Waals surface area contributed by atoms with Crippen molar-refractivity contribution in [3.63, 3.8) is 0 Å². The number of benzene rings is 2. The molecule has 2 aliphatic rings. The van der Waals surface area contributed by atoms with E-state index in [1.165, 1.54) is 10.5 Å². The Kier molecular flexibility index (Phi) is 5.72. The summed E-state index contributed by atoms with van der Waals surface area (Å²) in [4.78, 5) is 28.9. The van der Waals surface area contributed by atoms with Crippen LogP contribution in [0.1, 0.15) is 28.8 Å². The first-order valence-corrected chi connectivity index (χ1v) is 10.5. The van der Waals surface area contributed by atoms with Crippen molar-refractivity contribution in [3.05, 3.63) is 70.2 Å².